The van der Waals surface area contributed by atoms with Crippen LogP contribution in [0.15, 0.2) is 47.3 Å². The summed E-state index contributed by atoms with van der Waals surface area (Å²) in [5.74, 6) is 1.45. The lowest BCUT2D eigenvalue weighted by Crippen LogP contribution is -2.22. The lowest BCUT2D eigenvalue weighted by molar-refractivity contribution is 0.322. The third-order valence-corrected chi connectivity index (χ3v) is 5.00. The predicted molar refractivity (Wildman–Crippen MR) is 104 cm³/mol. The molecule has 0 saturated heterocycles. The minimum atomic E-state index is -0.0602. The molecule has 0 N–H and O–H groups in total. The van der Waals surface area contributed by atoms with E-state index in [1.807, 2.05) is 62.4 Å². The number of fused-ring (bicyclic) bond motifs is 3. The summed E-state index contributed by atoms with van der Waals surface area (Å²) in [7, 11) is 0. The molecule has 0 radical (unpaired) electrons. The predicted octanol–water partition coefficient (Wildman–Crippen LogP) is 3.25. The van der Waals surface area contributed by atoms with Crippen LogP contribution in [-0.2, 0) is 0 Å². The maximum Gasteiger partial charge on any atom is 0.274 e. The maximum absolute atomic E-state index is 12.9. The van der Waals surface area contributed by atoms with Gasteiger partial charge in [0.05, 0.1) is 28.8 Å². The third kappa shape index (κ3) is 2.82. The van der Waals surface area contributed by atoms with Crippen molar-refractivity contribution in [3.8, 4) is 11.5 Å². The number of imidazole rings is 1. The van der Waals surface area contributed by atoms with Gasteiger partial charge in [-0.1, -0.05) is 23.5 Å². The van der Waals surface area contributed by atoms with Crippen molar-refractivity contribution in [3.05, 3.63) is 62.9 Å². The Morgan fingerprint density at radius 3 is 2.73 bits per heavy atom. The Morgan fingerprint density at radius 1 is 1.12 bits per heavy atom. The van der Waals surface area contributed by atoms with Gasteiger partial charge >= 0.3 is 0 Å². The molecule has 0 spiro atoms. The molecule has 0 atom stereocenters. The number of nitrogens with zero attached hydrogens (tertiary/aromatic N) is 2. The summed E-state index contributed by atoms with van der Waals surface area (Å²) in [5, 5.41) is 0. The van der Waals surface area contributed by atoms with E-state index in [9.17, 15) is 4.79 Å². The van der Waals surface area contributed by atoms with Gasteiger partial charge in [0.2, 0.25) is 0 Å². The molecule has 2 aromatic carbocycles. The van der Waals surface area contributed by atoms with Crippen LogP contribution in [-0.4, -0.2) is 22.6 Å². The van der Waals surface area contributed by atoms with Crippen molar-refractivity contribution < 1.29 is 9.47 Å². The second-order valence-corrected chi connectivity index (χ2v) is 6.71. The second-order valence-electron chi connectivity index (χ2n) is 5.70. The molecule has 0 bridgehead atoms. The van der Waals surface area contributed by atoms with Crippen LogP contribution in [0.3, 0.4) is 0 Å². The summed E-state index contributed by atoms with van der Waals surface area (Å²) < 4.78 is 13.6. The fourth-order valence-electron chi connectivity index (χ4n) is 2.92. The average molecular weight is 366 g/mol. The molecule has 0 aliphatic heterocycles. The molecule has 2 aromatic heterocycles. The van der Waals surface area contributed by atoms with Gasteiger partial charge in [-0.05, 0) is 44.2 Å². The molecule has 5 nitrogen and oxygen atoms in total. The van der Waals surface area contributed by atoms with Gasteiger partial charge in [0.15, 0.2) is 4.96 Å². The van der Waals surface area contributed by atoms with Crippen molar-refractivity contribution in [2.45, 2.75) is 13.8 Å². The van der Waals surface area contributed by atoms with Gasteiger partial charge in [0.1, 0.15) is 11.5 Å². The van der Waals surface area contributed by atoms with Crippen LogP contribution in [0.2, 0.25) is 0 Å². The number of hydrogen-bond donors (Lipinski definition) is 0. The molecule has 0 aliphatic carbocycles. The Morgan fingerprint density at radius 2 is 1.92 bits per heavy atom. The van der Waals surface area contributed by atoms with Crippen LogP contribution < -0.4 is 19.6 Å². The number of hydrogen-bond acceptors (Lipinski definition) is 5. The molecule has 26 heavy (non-hydrogen) atoms. The average Bonchev–Trinajstić information content (AvgIpc) is 3.14. The first-order valence-electron chi connectivity index (χ1n) is 8.52. The Bertz CT molecular complexity index is 1190. The van der Waals surface area contributed by atoms with E-state index in [4.69, 9.17) is 9.47 Å². The first kappa shape index (κ1) is 16.6. The Balaban J connectivity index is 1.88. The Kier molecular flexibility index (Phi) is 4.34. The van der Waals surface area contributed by atoms with Gasteiger partial charge in [-0.15, -0.1) is 0 Å². The van der Waals surface area contributed by atoms with Crippen molar-refractivity contribution in [1.82, 2.24) is 9.38 Å². The van der Waals surface area contributed by atoms with Crippen molar-refractivity contribution in [2.24, 2.45) is 0 Å². The smallest absolute Gasteiger partial charge is 0.274 e. The van der Waals surface area contributed by atoms with E-state index in [0.717, 1.165) is 22.3 Å². The van der Waals surface area contributed by atoms with Crippen molar-refractivity contribution >= 4 is 33.4 Å². The molecule has 4 aromatic rings. The lowest BCUT2D eigenvalue weighted by Gasteiger charge is -2.10. The van der Waals surface area contributed by atoms with Gasteiger partial charge in [0, 0.05) is 11.6 Å². The lowest BCUT2D eigenvalue weighted by atomic mass is 10.2. The Labute approximate surface area is 154 Å². The number of benzene rings is 2. The molecule has 0 saturated carbocycles. The Hall–Kier alpha value is -2.86. The topological polar surface area (TPSA) is 52.8 Å². The number of thiazole rings is 1. The monoisotopic (exact) mass is 366 g/mol. The van der Waals surface area contributed by atoms with Crippen LogP contribution in [0, 0.1) is 0 Å². The highest BCUT2D eigenvalue weighted by Crippen LogP contribution is 2.26. The quantitative estimate of drug-likeness (QED) is 0.544. The van der Waals surface area contributed by atoms with Gasteiger partial charge < -0.3 is 9.47 Å². The van der Waals surface area contributed by atoms with Gasteiger partial charge in [0.25, 0.3) is 5.56 Å². The van der Waals surface area contributed by atoms with E-state index in [-0.39, 0.29) is 5.56 Å². The van der Waals surface area contributed by atoms with E-state index >= 15 is 0 Å². The number of aromatic nitrogens is 2. The van der Waals surface area contributed by atoms with Gasteiger partial charge in [-0.25, -0.2) is 9.38 Å². The van der Waals surface area contributed by atoms with Crippen LogP contribution in [0.1, 0.15) is 19.4 Å². The van der Waals surface area contributed by atoms with Crippen LogP contribution in [0.25, 0.3) is 22.1 Å². The molecular weight excluding hydrogens is 348 g/mol. The summed E-state index contributed by atoms with van der Waals surface area (Å²) in [6.45, 7) is 5.00. The van der Waals surface area contributed by atoms with Gasteiger partial charge in [-0.3, -0.25) is 4.79 Å². The van der Waals surface area contributed by atoms with Crippen molar-refractivity contribution in [2.75, 3.05) is 13.2 Å². The molecule has 4 rings (SSSR count). The van der Waals surface area contributed by atoms with Crippen LogP contribution in [0.5, 0.6) is 11.5 Å². The fraction of sp³-hybridized carbons (Fsp3) is 0.200. The highest BCUT2D eigenvalue weighted by Gasteiger charge is 2.11. The van der Waals surface area contributed by atoms with E-state index in [2.05, 4.69) is 4.98 Å². The molecule has 2 heterocycles. The van der Waals surface area contributed by atoms with Crippen LogP contribution >= 0.6 is 11.3 Å². The standard InChI is InChI=1S/C20H18N2O3S/c1-3-24-14-10-9-13(17(12-14)25-4-2)11-18-19(23)22-16-8-6-5-7-15(16)21-20(22)26-18/h5-12H,3-4H2,1-2H3/b18-11+. The molecule has 0 fully saturated rings. The molecule has 132 valence electrons. The largest absolute Gasteiger partial charge is 0.494 e. The molecule has 0 amide bonds. The highest BCUT2D eigenvalue weighted by atomic mass is 32.1. The highest BCUT2D eigenvalue weighted by molar-refractivity contribution is 7.15. The van der Waals surface area contributed by atoms with E-state index in [1.54, 1.807) is 4.40 Å². The van der Waals surface area contributed by atoms with Gasteiger partial charge in [-0.2, -0.15) is 0 Å². The zero-order valence-corrected chi connectivity index (χ0v) is 15.4. The summed E-state index contributed by atoms with van der Waals surface area (Å²) in [4.78, 5) is 18.1. The summed E-state index contributed by atoms with van der Waals surface area (Å²) in [5.41, 5.74) is 2.45. The summed E-state index contributed by atoms with van der Waals surface area (Å²) in [6.07, 6.45) is 1.86. The second kappa shape index (κ2) is 6.80. The zero-order chi connectivity index (χ0) is 18.1. The van der Waals surface area contributed by atoms with Crippen molar-refractivity contribution in [1.29, 1.82) is 0 Å². The summed E-state index contributed by atoms with van der Waals surface area (Å²) in [6, 6.07) is 13.3. The van der Waals surface area contributed by atoms with E-state index < -0.39 is 0 Å². The molecule has 0 aliphatic rings. The molecule has 6 heteroatoms. The minimum Gasteiger partial charge on any atom is -0.494 e. The van der Waals surface area contributed by atoms with Crippen LogP contribution in [0.4, 0.5) is 0 Å². The SMILES string of the molecule is CCOc1ccc(/C=c2/sc3nc4ccccc4n3c2=O)c(OCC)c1. The normalized spacial score (nSPS) is 12.2. The van der Waals surface area contributed by atoms with E-state index in [0.29, 0.717) is 28.5 Å². The maximum atomic E-state index is 12.9. The minimum absolute atomic E-state index is 0.0602. The van der Waals surface area contributed by atoms with E-state index in [1.165, 1.54) is 11.3 Å². The number of para-hydroxylation sites is 2. The molecule has 0 unspecified atom stereocenters. The first-order chi connectivity index (χ1) is 12.7. The number of ether oxygens (including phenoxy) is 2. The zero-order valence-electron chi connectivity index (χ0n) is 14.6. The fourth-order valence-corrected chi connectivity index (χ4v) is 3.90. The number of rotatable bonds is 5. The third-order valence-electron chi connectivity index (χ3n) is 4.03. The summed E-state index contributed by atoms with van der Waals surface area (Å²) >= 11 is 1.38. The first-order valence-corrected chi connectivity index (χ1v) is 9.34. The van der Waals surface area contributed by atoms with Crippen molar-refractivity contribution in [3.63, 3.8) is 0 Å². The molecular formula is C20H18N2O3S.